The second-order valence-corrected chi connectivity index (χ2v) is 6.64. The second kappa shape index (κ2) is 7.64. The molecular weight excluding hydrogens is 272 g/mol. The van der Waals surface area contributed by atoms with Crippen LogP contribution in [-0.4, -0.2) is 66.3 Å². The van der Waals surface area contributed by atoms with Crippen molar-refractivity contribution < 1.29 is 19.4 Å². The number of likely N-dealkylation sites (N-methyl/N-ethyl adjacent to an activating group) is 1. The summed E-state index contributed by atoms with van der Waals surface area (Å²) >= 11 is 0. The number of carboxylic acids is 1. The highest BCUT2D eigenvalue weighted by molar-refractivity contribution is 5.77. The predicted molar refractivity (Wildman–Crippen MR) is 80.1 cm³/mol. The van der Waals surface area contributed by atoms with Crippen LogP contribution in [0.2, 0.25) is 0 Å². The molecule has 2 atom stereocenters. The van der Waals surface area contributed by atoms with Crippen molar-refractivity contribution in [2.75, 3.05) is 33.4 Å². The number of hydrogen-bond acceptors (Lipinski definition) is 3. The number of amides is 2. The van der Waals surface area contributed by atoms with Crippen LogP contribution in [0.15, 0.2) is 0 Å². The van der Waals surface area contributed by atoms with Crippen LogP contribution in [-0.2, 0) is 9.53 Å². The van der Waals surface area contributed by atoms with E-state index in [9.17, 15) is 14.7 Å². The Labute approximate surface area is 127 Å². The number of hydrogen-bond donors (Lipinski definition) is 1. The largest absolute Gasteiger partial charge is 0.481 e. The number of ether oxygens (including phenoxy) is 1. The smallest absolute Gasteiger partial charge is 0.320 e. The first-order valence-corrected chi connectivity index (χ1v) is 7.56. The number of carbonyl (C=O) groups is 2. The highest BCUT2D eigenvalue weighted by Crippen LogP contribution is 2.20. The zero-order chi connectivity index (χ0) is 16.2. The average Bonchev–Trinajstić information content (AvgIpc) is 2.84. The van der Waals surface area contributed by atoms with Gasteiger partial charge in [0.25, 0.3) is 0 Å². The fourth-order valence-electron chi connectivity index (χ4n) is 2.64. The molecule has 1 rings (SSSR count). The van der Waals surface area contributed by atoms with E-state index in [1.165, 1.54) is 4.90 Å². The summed E-state index contributed by atoms with van der Waals surface area (Å²) in [5.74, 6) is -0.803. The molecule has 6 heteroatoms. The number of carboxylic acid groups (broad SMARTS) is 1. The maximum absolute atomic E-state index is 12.7. The third-order valence-corrected chi connectivity index (χ3v) is 3.61. The molecule has 1 N–H and O–H groups in total. The molecule has 1 aliphatic heterocycles. The summed E-state index contributed by atoms with van der Waals surface area (Å²) < 4.78 is 5.25. The number of urea groups is 1. The molecule has 0 aromatic rings. The van der Waals surface area contributed by atoms with Crippen molar-refractivity contribution in [2.45, 2.75) is 33.7 Å². The standard InChI is InChI=1S/C15H28N2O4/c1-10(2)6-17(7-11(3)4)15(20)16(5)13-9-21-8-12(13)14(18)19/h10-13H,6-9H2,1-5H3,(H,18,19). The van der Waals surface area contributed by atoms with E-state index in [4.69, 9.17) is 4.74 Å². The van der Waals surface area contributed by atoms with Crippen molar-refractivity contribution in [3.63, 3.8) is 0 Å². The molecule has 0 aromatic carbocycles. The quantitative estimate of drug-likeness (QED) is 0.811. The highest BCUT2D eigenvalue weighted by Gasteiger charge is 2.39. The fraction of sp³-hybridized carbons (Fsp3) is 0.867. The molecule has 0 aromatic heterocycles. The van der Waals surface area contributed by atoms with E-state index < -0.39 is 17.9 Å². The van der Waals surface area contributed by atoms with Gasteiger partial charge >= 0.3 is 12.0 Å². The van der Waals surface area contributed by atoms with Gasteiger partial charge in [0.05, 0.1) is 19.3 Å². The van der Waals surface area contributed by atoms with Crippen LogP contribution in [0.25, 0.3) is 0 Å². The molecule has 21 heavy (non-hydrogen) atoms. The van der Waals surface area contributed by atoms with Gasteiger partial charge in [0.1, 0.15) is 5.92 Å². The van der Waals surface area contributed by atoms with E-state index in [0.717, 1.165) is 0 Å². The second-order valence-electron chi connectivity index (χ2n) is 6.64. The van der Waals surface area contributed by atoms with Crippen molar-refractivity contribution in [1.29, 1.82) is 0 Å². The topological polar surface area (TPSA) is 70.1 Å². The zero-order valence-electron chi connectivity index (χ0n) is 13.7. The molecule has 1 fully saturated rings. The molecule has 2 amide bonds. The fourth-order valence-corrected chi connectivity index (χ4v) is 2.64. The minimum Gasteiger partial charge on any atom is -0.481 e. The molecule has 0 bridgehead atoms. The first kappa shape index (κ1) is 17.8. The lowest BCUT2D eigenvalue weighted by atomic mass is 10.0. The van der Waals surface area contributed by atoms with Gasteiger partial charge in [-0.3, -0.25) is 4.79 Å². The first-order valence-electron chi connectivity index (χ1n) is 7.56. The Hall–Kier alpha value is -1.30. The molecule has 0 spiro atoms. The maximum atomic E-state index is 12.7. The molecule has 1 saturated heterocycles. The van der Waals surface area contributed by atoms with Gasteiger partial charge in [-0.2, -0.15) is 0 Å². The summed E-state index contributed by atoms with van der Waals surface area (Å²) in [6.07, 6.45) is 0. The van der Waals surface area contributed by atoms with Crippen molar-refractivity contribution in [3.8, 4) is 0 Å². The average molecular weight is 300 g/mol. The van der Waals surface area contributed by atoms with Gasteiger partial charge in [-0.1, -0.05) is 27.7 Å². The SMILES string of the molecule is CC(C)CN(CC(C)C)C(=O)N(C)C1COCC1C(=O)O. The minimum atomic E-state index is -0.906. The lowest BCUT2D eigenvalue weighted by Gasteiger charge is -2.34. The zero-order valence-corrected chi connectivity index (χ0v) is 13.7. The van der Waals surface area contributed by atoms with E-state index in [2.05, 4.69) is 27.7 Å². The Balaban J connectivity index is 2.79. The summed E-state index contributed by atoms with van der Waals surface area (Å²) in [5.41, 5.74) is 0. The van der Waals surface area contributed by atoms with E-state index in [-0.39, 0.29) is 19.2 Å². The van der Waals surface area contributed by atoms with Crippen molar-refractivity contribution in [2.24, 2.45) is 17.8 Å². The summed E-state index contributed by atoms with van der Waals surface area (Å²) in [4.78, 5) is 27.3. The van der Waals surface area contributed by atoms with Crippen molar-refractivity contribution in [3.05, 3.63) is 0 Å². The number of rotatable bonds is 6. The van der Waals surface area contributed by atoms with Crippen LogP contribution in [0.4, 0.5) is 4.79 Å². The Morgan fingerprint density at radius 2 is 1.67 bits per heavy atom. The van der Waals surface area contributed by atoms with Gasteiger partial charge in [-0.05, 0) is 11.8 Å². The summed E-state index contributed by atoms with van der Waals surface area (Å²) in [7, 11) is 1.67. The summed E-state index contributed by atoms with van der Waals surface area (Å²) in [6, 6.07) is -0.504. The van der Waals surface area contributed by atoms with Crippen LogP contribution in [0.3, 0.4) is 0 Å². The van der Waals surface area contributed by atoms with Crippen LogP contribution in [0, 0.1) is 17.8 Å². The Morgan fingerprint density at radius 3 is 2.10 bits per heavy atom. The molecule has 0 saturated carbocycles. The van der Waals surface area contributed by atoms with Gasteiger partial charge in [0.2, 0.25) is 0 Å². The lowest BCUT2D eigenvalue weighted by molar-refractivity contribution is -0.142. The van der Waals surface area contributed by atoms with Crippen molar-refractivity contribution >= 4 is 12.0 Å². The molecular formula is C15H28N2O4. The number of nitrogens with zero attached hydrogens (tertiary/aromatic N) is 2. The van der Waals surface area contributed by atoms with Crippen molar-refractivity contribution in [1.82, 2.24) is 9.80 Å². The predicted octanol–water partition coefficient (Wildman–Crippen LogP) is 1.75. The molecule has 2 unspecified atom stereocenters. The van der Waals surface area contributed by atoms with Crippen LogP contribution in [0.1, 0.15) is 27.7 Å². The third kappa shape index (κ3) is 4.88. The van der Waals surface area contributed by atoms with Crippen LogP contribution in [0.5, 0.6) is 0 Å². The Bertz CT molecular complexity index is 361. The third-order valence-electron chi connectivity index (χ3n) is 3.61. The van der Waals surface area contributed by atoms with Crippen LogP contribution >= 0.6 is 0 Å². The van der Waals surface area contributed by atoms with E-state index in [0.29, 0.717) is 24.9 Å². The Kier molecular flexibility index (Phi) is 6.45. The molecule has 0 aliphatic carbocycles. The van der Waals surface area contributed by atoms with E-state index >= 15 is 0 Å². The van der Waals surface area contributed by atoms with E-state index in [1.807, 2.05) is 4.90 Å². The normalized spacial score (nSPS) is 21.9. The molecule has 1 aliphatic rings. The van der Waals surface area contributed by atoms with Gasteiger partial charge in [-0.15, -0.1) is 0 Å². The minimum absolute atomic E-state index is 0.112. The Morgan fingerprint density at radius 1 is 1.14 bits per heavy atom. The summed E-state index contributed by atoms with van der Waals surface area (Å²) in [6.45, 7) is 10.1. The number of carbonyl (C=O) groups excluding carboxylic acids is 1. The lowest BCUT2D eigenvalue weighted by Crippen LogP contribution is -2.51. The molecule has 0 radical (unpaired) electrons. The number of aliphatic carboxylic acids is 1. The van der Waals surface area contributed by atoms with Crippen LogP contribution < -0.4 is 0 Å². The van der Waals surface area contributed by atoms with Gasteiger partial charge in [0, 0.05) is 20.1 Å². The maximum Gasteiger partial charge on any atom is 0.320 e. The van der Waals surface area contributed by atoms with E-state index in [1.54, 1.807) is 7.05 Å². The molecule has 122 valence electrons. The summed E-state index contributed by atoms with van der Waals surface area (Å²) in [5, 5.41) is 9.21. The van der Waals surface area contributed by atoms with Gasteiger partial charge < -0.3 is 19.6 Å². The monoisotopic (exact) mass is 300 g/mol. The molecule has 1 heterocycles. The first-order chi connectivity index (χ1) is 9.73. The highest BCUT2D eigenvalue weighted by atomic mass is 16.5. The molecule has 6 nitrogen and oxygen atoms in total. The van der Waals surface area contributed by atoms with Gasteiger partial charge in [0.15, 0.2) is 0 Å². The van der Waals surface area contributed by atoms with Gasteiger partial charge in [-0.25, -0.2) is 4.79 Å².